The van der Waals surface area contributed by atoms with Gasteiger partial charge in [0.15, 0.2) is 0 Å². The molecule has 3 rings (SSSR count). The minimum absolute atomic E-state index is 0. The van der Waals surface area contributed by atoms with E-state index in [0.717, 1.165) is 11.1 Å². The van der Waals surface area contributed by atoms with E-state index in [0.29, 0.717) is 23.6 Å². The van der Waals surface area contributed by atoms with Crippen LogP contribution in [-0.2, 0) is 10.4 Å². The Morgan fingerprint density at radius 2 is 1.72 bits per heavy atom. The normalized spacial score (nSPS) is 12.0. The van der Waals surface area contributed by atoms with Crippen LogP contribution >= 0.6 is 0 Å². The topological polar surface area (TPSA) is 67.2 Å². The summed E-state index contributed by atoms with van der Waals surface area (Å²) in [5.41, 5.74) is 1.59. The van der Waals surface area contributed by atoms with Gasteiger partial charge in [0, 0.05) is 12.1 Å². The quantitative estimate of drug-likeness (QED) is 0.617. The number of amides is 1. The molecule has 1 amide bonds. The number of imidazole rings is 1. The third-order valence-corrected chi connectivity index (χ3v) is 4.39. The molecule has 3 aromatic rings. The molecule has 0 aliphatic heterocycles. The zero-order valence-electron chi connectivity index (χ0n) is 16.9. The van der Waals surface area contributed by atoms with Crippen LogP contribution in [0.3, 0.4) is 0 Å². The van der Waals surface area contributed by atoms with E-state index in [9.17, 15) is 14.3 Å². The number of carbonyl (C=O) groups is 1. The van der Waals surface area contributed by atoms with Gasteiger partial charge in [0.1, 0.15) is 5.82 Å². The first-order valence-electron chi connectivity index (χ1n) is 9.25. The average Bonchev–Trinajstić information content (AvgIpc) is 2.89. The molecule has 0 saturated carbocycles. The second kappa shape index (κ2) is 7.95. The molecule has 0 aliphatic carbocycles. The van der Waals surface area contributed by atoms with Gasteiger partial charge in [-0.2, -0.15) is 0 Å². The second-order valence-electron chi connectivity index (χ2n) is 8.80. The van der Waals surface area contributed by atoms with Gasteiger partial charge in [0.2, 0.25) is 11.9 Å². The number of carbonyl (C=O) groups excluding carboxylic acids is 1. The molecule has 0 saturated heterocycles. The van der Waals surface area contributed by atoms with Crippen molar-refractivity contribution in [3.8, 4) is 5.69 Å². The summed E-state index contributed by atoms with van der Waals surface area (Å²) in [6.07, 6.45) is 0.342. The van der Waals surface area contributed by atoms with Crippen LogP contribution in [0.4, 0.5) is 10.3 Å². The number of hydrogen-bond acceptors (Lipinski definition) is 3. The minimum atomic E-state index is -1.03. The lowest BCUT2D eigenvalue weighted by molar-refractivity contribution is -0.117. The number of nitrogens with one attached hydrogen (secondary N) is 1. The van der Waals surface area contributed by atoms with E-state index in [2.05, 4.69) is 10.3 Å². The zero-order valence-corrected chi connectivity index (χ0v) is 16.9. The van der Waals surface area contributed by atoms with Crippen LogP contribution in [-0.4, -0.2) is 20.6 Å². The Hall–Kier alpha value is -2.73. The fourth-order valence-electron chi connectivity index (χ4n) is 3.04. The fourth-order valence-corrected chi connectivity index (χ4v) is 3.04. The number of aromatic nitrogens is 2. The van der Waals surface area contributed by atoms with E-state index in [1.54, 1.807) is 30.5 Å². The maximum absolute atomic E-state index is 13.4. The molecule has 1 aromatic heterocycles. The van der Waals surface area contributed by atoms with Crippen molar-refractivity contribution in [3.63, 3.8) is 0 Å². The van der Waals surface area contributed by atoms with Crippen molar-refractivity contribution < 1.29 is 14.3 Å². The molecule has 0 bridgehead atoms. The molecule has 5 nitrogen and oxygen atoms in total. The maximum Gasteiger partial charge on any atom is 0.227 e. The van der Waals surface area contributed by atoms with Crippen molar-refractivity contribution in [1.29, 1.82) is 0 Å². The summed E-state index contributed by atoms with van der Waals surface area (Å²) in [7, 11) is 0. The molecule has 0 aliphatic rings. The molecule has 0 radical (unpaired) electrons. The van der Waals surface area contributed by atoms with Crippen LogP contribution in [0.15, 0.2) is 42.5 Å². The number of nitrogens with zero attached hydrogens (tertiary/aromatic N) is 2. The molecule has 0 spiro atoms. The first kappa shape index (κ1) is 22.6. The molecule has 2 N–H and O–H groups in total. The van der Waals surface area contributed by atoms with E-state index in [1.165, 1.54) is 12.1 Å². The number of aliphatic hydroxyl groups is 1. The smallest absolute Gasteiger partial charge is 0.227 e. The van der Waals surface area contributed by atoms with Gasteiger partial charge in [-0.25, -0.2) is 9.37 Å². The highest BCUT2D eigenvalue weighted by Gasteiger charge is 2.22. The standard InChI is InChI=1S/C22H26FN3O2.CH4/c1-21(2,3)13-19(27)25-20-24-17-11-6-14(22(4,5)28)12-18(17)26(20)16-9-7-15(23)8-10-16;/h6-12,28H,13H2,1-5H3,(H,24,25,27);1H4. The van der Waals surface area contributed by atoms with Gasteiger partial charge >= 0.3 is 0 Å². The summed E-state index contributed by atoms with van der Waals surface area (Å²) < 4.78 is 15.2. The second-order valence-corrected chi connectivity index (χ2v) is 8.80. The first-order valence-corrected chi connectivity index (χ1v) is 9.25. The van der Waals surface area contributed by atoms with Crippen LogP contribution in [0.25, 0.3) is 16.7 Å². The van der Waals surface area contributed by atoms with Gasteiger partial charge in [0.05, 0.1) is 16.6 Å². The lowest BCUT2D eigenvalue weighted by atomic mass is 9.92. The third-order valence-electron chi connectivity index (χ3n) is 4.39. The SMILES string of the molecule is C.CC(C)(C)CC(=O)Nc1nc2ccc(C(C)(C)O)cc2n1-c1ccc(F)cc1. The lowest BCUT2D eigenvalue weighted by Gasteiger charge is -2.19. The van der Waals surface area contributed by atoms with Gasteiger partial charge < -0.3 is 5.11 Å². The van der Waals surface area contributed by atoms with Gasteiger partial charge in [-0.15, -0.1) is 0 Å². The van der Waals surface area contributed by atoms with Crippen molar-refractivity contribution in [2.24, 2.45) is 5.41 Å². The summed E-state index contributed by atoms with van der Waals surface area (Å²) >= 11 is 0. The summed E-state index contributed by atoms with van der Waals surface area (Å²) in [4.78, 5) is 17.1. The molecule has 2 aromatic carbocycles. The fraction of sp³-hybridized carbons (Fsp3) is 0.391. The minimum Gasteiger partial charge on any atom is -0.386 e. The molecule has 0 atom stereocenters. The largest absolute Gasteiger partial charge is 0.386 e. The van der Waals surface area contributed by atoms with E-state index < -0.39 is 5.60 Å². The Morgan fingerprint density at radius 3 is 2.28 bits per heavy atom. The van der Waals surface area contributed by atoms with Crippen LogP contribution in [0.1, 0.15) is 54.0 Å². The number of anilines is 1. The van der Waals surface area contributed by atoms with Crippen LogP contribution in [0.2, 0.25) is 0 Å². The molecule has 6 heteroatoms. The Balaban J connectivity index is 0.00000300. The highest BCUT2D eigenvalue weighted by molar-refractivity contribution is 5.93. The molecule has 29 heavy (non-hydrogen) atoms. The molecule has 1 heterocycles. The summed E-state index contributed by atoms with van der Waals surface area (Å²) in [6, 6.07) is 11.4. The highest BCUT2D eigenvalue weighted by atomic mass is 19.1. The maximum atomic E-state index is 13.4. The summed E-state index contributed by atoms with van der Waals surface area (Å²) in [6.45, 7) is 9.39. The molecule has 0 fully saturated rings. The highest BCUT2D eigenvalue weighted by Crippen LogP contribution is 2.30. The summed E-state index contributed by atoms with van der Waals surface area (Å²) in [5, 5.41) is 13.3. The Labute approximate surface area is 171 Å². The number of rotatable bonds is 4. The Kier molecular flexibility index (Phi) is 6.18. The van der Waals surface area contributed by atoms with E-state index in [1.807, 2.05) is 39.0 Å². The van der Waals surface area contributed by atoms with E-state index in [4.69, 9.17) is 0 Å². The number of hydrogen-bond donors (Lipinski definition) is 2. The first-order chi connectivity index (χ1) is 12.9. The monoisotopic (exact) mass is 399 g/mol. The van der Waals surface area contributed by atoms with Crippen molar-refractivity contribution in [2.45, 2.75) is 54.1 Å². The van der Waals surface area contributed by atoms with E-state index >= 15 is 0 Å². The Morgan fingerprint density at radius 1 is 1.10 bits per heavy atom. The average molecular weight is 400 g/mol. The third kappa shape index (κ3) is 5.21. The van der Waals surface area contributed by atoms with Crippen molar-refractivity contribution in [1.82, 2.24) is 9.55 Å². The predicted octanol–water partition coefficient (Wildman–Crippen LogP) is 5.40. The van der Waals surface area contributed by atoms with Crippen molar-refractivity contribution in [2.75, 3.05) is 5.32 Å². The van der Waals surface area contributed by atoms with Crippen molar-refractivity contribution >= 4 is 22.9 Å². The zero-order chi connectivity index (χ0) is 20.7. The van der Waals surface area contributed by atoms with Crippen molar-refractivity contribution in [3.05, 3.63) is 53.8 Å². The summed E-state index contributed by atoms with van der Waals surface area (Å²) in [5.74, 6) is -0.124. The van der Waals surface area contributed by atoms with Crippen LogP contribution < -0.4 is 5.32 Å². The number of halogens is 1. The van der Waals surface area contributed by atoms with Gasteiger partial charge in [-0.1, -0.05) is 34.3 Å². The van der Waals surface area contributed by atoms with Gasteiger partial charge in [-0.3, -0.25) is 14.7 Å². The molecular formula is C23H30FN3O2. The lowest BCUT2D eigenvalue weighted by Crippen LogP contribution is -2.21. The molecule has 156 valence electrons. The van der Waals surface area contributed by atoms with Crippen LogP contribution in [0, 0.1) is 11.2 Å². The molecular weight excluding hydrogens is 369 g/mol. The Bertz CT molecular complexity index is 1010. The number of benzene rings is 2. The predicted molar refractivity (Wildman–Crippen MR) is 116 cm³/mol. The van der Waals surface area contributed by atoms with Gasteiger partial charge in [-0.05, 0) is 61.2 Å². The number of fused-ring (bicyclic) bond motifs is 1. The molecule has 0 unspecified atom stereocenters. The van der Waals surface area contributed by atoms with Gasteiger partial charge in [0.25, 0.3) is 0 Å². The van der Waals surface area contributed by atoms with E-state index in [-0.39, 0.29) is 24.6 Å². The van der Waals surface area contributed by atoms with Crippen LogP contribution in [0.5, 0.6) is 0 Å².